The van der Waals surface area contributed by atoms with E-state index in [1.54, 1.807) is 6.08 Å². The molecule has 0 aromatic heterocycles. The average Bonchev–Trinajstić information content (AvgIpc) is 2.50. The quantitative estimate of drug-likeness (QED) is 0.575. The van der Waals surface area contributed by atoms with Gasteiger partial charge in [0.2, 0.25) is 0 Å². The third kappa shape index (κ3) is 6.88. The van der Waals surface area contributed by atoms with Gasteiger partial charge in [0.15, 0.2) is 0 Å². The molecule has 0 radical (unpaired) electrons. The monoisotopic (exact) mass is 266 g/mol. The first-order chi connectivity index (χ1) is 9.17. The van der Waals surface area contributed by atoms with Gasteiger partial charge in [0.1, 0.15) is 0 Å². The van der Waals surface area contributed by atoms with Gasteiger partial charge in [-0.1, -0.05) is 55.1 Å². The van der Waals surface area contributed by atoms with E-state index in [0.29, 0.717) is 0 Å². The first-order valence-electron chi connectivity index (χ1n) is 5.95. The third-order valence-corrected chi connectivity index (χ3v) is 2.57. The minimum atomic E-state index is -1.11. The van der Waals surface area contributed by atoms with Crippen LogP contribution in [0.5, 0.6) is 0 Å². The Morgan fingerprint density at radius 3 is 1.68 bits per heavy atom. The molecule has 0 aliphatic rings. The first-order valence-corrected chi connectivity index (χ1v) is 5.95. The van der Waals surface area contributed by atoms with Crippen molar-refractivity contribution in [2.75, 3.05) is 26.4 Å². The van der Waals surface area contributed by atoms with Gasteiger partial charge >= 0.3 is 0 Å². The van der Waals surface area contributed by atoms with E-state index in [-0.39, 0.29) is 0 Å². The lowest BCUT2D eigenvalue weighted by Crippen LogP contribution is -2.37. The predicted octanol–water partition coefficient (Wildman–Crippen LogP) is 0.828. The fourth-order valence-electron chi connectivity index (χ4n) is 1.04. The van der Waals surface area contributed by atoms with Gasteiger partial charge in [-0.2, -0.15) is 0 Å². The molecule has 0 fully saturated rings. The van der Waals surface area contributed by atoms with E-state index in [1.807, 2.05) is 30.4 Å². The Kier molecular flexibility index (Phi) is 9.66. The molecule has 0 heterocycles. The third-order valence-electron chi connectivity index (χ3n) is 2.57. The number of aliphatic hydroxyl groups excluding tert-OH is 4. The van der Waals surface area contributed by atoms with Crippen LogP contribution in [0.25, 0.3) is 6.08 Å². The summed E-state index contributed by atoms with van der Waals surface area (Å²) in [5.41, 5.74) is 0.0994. The van der Waals surface area contributed by atoms with E-state index in [2.05, 4.69) is 18.7 Å². The lowest BCUT2D eigenvalue weighted by atomic mass is 9.93. The molecule has 0 aliphatic carbocycles. The molecule has 0 unspecified atom stereocenters. The van der Waals surface area contributed by atoms with Gasteiger partial charge in [-0.3, -0.25) is 0 Å². The summed E-state index contributed by atoms with van der Waals surface area (Å²) < 4.78 is 0. The largest absolute Gasteiger partial charge is 0.396 e. The lowest BCUT2D eigenvalue weighted by molar-refractivity contribution is -0.0328. The first kappa shape index (κ1) is 17.5. The smallest absolute Gasteiger partial charge is 0.0627 e. The van der Waals surface area contributed by atoms with Crippen LogP contribution in [-0.4, -0.2) is 46.9 Å². The molecule has 0 aliphatic heterocycles. The number of rotatable bonds is 6. The second-order valence-corrected chi connectivity index (χ2v) is 4.14. The summed E-state index contributed by atoms with van der Waals surface area (Å²) in [5.74, 6) is 0. The maximum Gasteiger partial charge on any atom is 0.0627 e. The second kappa shape index (κ2) is 10.5. The van der Waals surface area contributed by atoms with Crippen LogP contribution >= 0.6 is 0 Å². The fraction of sp³-hybridized carbons (Fsp3) is 0.333. The van der Waals surface area contributed by atoms with E-state index in [9.17, 15) is 0 Å². The van der Waals surface area contributed by atoms with Crippen molar-refractivity contribution >= 4 is 6.08 Å². The van der Waals surface area contributed by atoms with Crippen molar-refractivity contribution in [3.8, 4) is 0 Å². The molecule has 19 heavy (non-hydrogen) atoms. The maximum atomic E-state index is 8.50. The highest BCUT2D eigenvalue weighted by atomic mass is 16.3. The highest BCUT2D eigenvalue weighted by Gasteiger charge is 2.26. The van der Waals surface area contributed by atoms with Crippen molar-refractivity contribution < 1.29 is 20.4 Å². The number of hydrogen-bond donors (Lipinski definition) is 4. The molecule has 4 N–H and O–H groups in total. The highest BCUT2D eigenvalue weighted by molar-refractivity contribution is 5.50. The van der Waals surface area contributed by atoms with E-state index >= 15 is 0 Å². The van der Waals surface area contributed by atoms with Crippen molar-refractivity contribution in [1.29, 1.82) is 0 Å². The van der Waals surface area contributed by atoms with Crippen molar-refractivity contribution in [1.82, 2.24) is 0 Å². The zero-order chi connectivity index (χ0) is 14.6. The average molecular weight is 266 g/mol. The van der Waals surface area contributed by atoms with Gasteiger partial charge in [-0.05, 0) is 5.56 Å². The van der Waals surface area contributed by atoms with Gasteiger partial charge in [0, 0.05) is 0 Å². The molecule has 106 valence electrons. The summed E-state index contributed by atoms with van der Waals surface area (Å²) in [5, 5.41) is 34.0. The van der Waals surface area contributed by atoms with E-state index in [4.69, 9.17) is 20.4 Å². The Morgan fingerprint density at radius 2 is 1.37 bits per heavy atom. The molecule has 0 bridgehead atoms. The summed E-state index contributed by atoms with van der Waals surface area (Å²) in [6, 6.07) is 10.1. The molecule has 1 rings (SSSR count). The Hall–Kier alpha value is -1.46. The minimum Gasteiger partial charge on any atom is -0.396 e. The number of hydrogen-bond acceptors (Lipinski definition) is 4. The highest BCUT2D eigenvalue weighted by Crippen LogP contribution is 2.11. The van der Waals surface area contributed by atoms with Gasteiger partial charge in [-0.15, -0.1) is 0 Å². The fourth-order valence-corrected chi connectivity index (χ4v) is 1.04. The molecule has 0 saturated carbocycles. The summed E-state index contributed by atoms with van der Waals surface area (Å²) in [6.45, 7) is 1.96. The molecule has 0 amide bonds. The van der Waals surface area contributed by atoms with Gasteiger partial charge < -0.3 is 20.4 Å². The summed E-state index contributed by atoms with van der Waals surface area (Å²) in [7, 11) is 0. The van der Waals surface area contributed by atoms with E-state index in [0.717, 1.165) is 0 Å². The van der Waals surface area contributed by atoms with Crippen LogP contribution in [0.4, 0.5) is 0 Å². The van der Waals surface area contributed by atoms with Crippen LogP contribution in [0.1, 0.15) is 5.56 Å². The lowest BCUT2D eigenvalue weighted by Gasteiger charge is -2.23. The summed E-state index contributed by atoms with van der Waals surface area (Å²) in [4.78, 5) is 0. The predicted molar refractivity (Wildman–Crippen MR) is 76.4 cm³/mol. The van der Waals surface area contributed by atoms with Crippen molar-refractivity contribution in [2.24, 2.45) is 5.41 Å². The Morgan fingerprint density at radius 1 is 0.895 bits per heavy atom. The Labute approximate surface area is 114 Å². The molecule has 0 atom stereocenters. The molecule has 4 nitrogen and oxygen atoms in total. The van der Waals surface area contributed by atoms with Crippen LogP contribution in [0, 0.1) is 5.41 Å². The number of allylic oxidation sites excluding steroid dienone is 2. The van der Waals surface area contributed by atoms with Crippen molar-refractivity contribution in [2.45, 2.75) is 0 Å². The minimum absolute atomic E-state index is 0.406. The maximum absolute atomic E-state index is 8.50. The normalized spacial score (nSPS) is 10.9. The van der Waals surface area contributed by atoms with Gasteiger partial charge in [0.05, 0.1) is 31.8 Å². The molecule has 4 heteroatoms. The van der Waals surface area contributed by atoms with E-state index < -0.39 is 31.8 Å². The van der Waals surface area contributed by atoms with E-state index in [1.165, 1.54) is 5.56 Å². The van der Waals surface area contributed by atoms with Crippen LogP contribution in [0.2, 0.25) is 0 Å². The van der Waals surface area contributed by atoms with Crippen LogP contribution in [0.3, 0.4) is 0 Å². The SMILES string of the molecule is C=CC=Cc1ccccc1.OCC(CO)(CO)CO. The number of benzene rings is 1. The Balaban J connectivity index is 0.000000344. The molecular formula is C15H22O4. The van der Waals surface area contributed by atoms with Crippen molar-refractivity contribution in [3.63, 3.8) is 0 Å². The summed E-state index contributed by atoms with van der Waals surface area (Å²) in [6.07, 6.45) is 5.72. The summed E-state index contributed by atoms with van der Waals surface area (Å²) >= 11 is 0. The molecule has 1 aromatic carbocycles. The van der Waals surface area contributed by atoms with Crippen LogP contribution < -0.4 is 0 Å². The second-order valence-electron chi connectivity index (χ2n) is 4.14. The zero-order valence-corrected chi connectivity index (χ0v) is 10.9. The Bertz CT molecular complexity index is 338. The number of aliphatic hydroxyl groups is 4. The topological polar surface area (TPSA) is 80.9 Å². The van der Waals surface area contributed by atoms with Crippen LogP contribution in [0.15, 0.2) is 49.1 Å². The molecule has 1 aromatic rings. The molecule has 0 spiro atoms. The van der Waals surface area contributed by atoms with Crippen molar-refractivity contribution in [3.05, 3.63) is 54.6 Å². The molecular weight excluding hydrogens is 244 g/mol. The zero-order valence-electron chi connectivity index (χ0n) is 10.9. The van der Waals surface area contributed by atoms with Gasteiger partial charge in [0.25, 0.3) is 0 Å². The van der Waals surface area contributed by atoms with Gasteiger partial charge in [-0.25, -0.2) is 0 Å². The van der Waals surface area contributed by atoms with Crippen LogP contribution in [-0.2, 0) is 0 Å². The standard InChI is InChI=1S/C10H10.C5H12O4/c1-2-3-7-10-8-5-4-6-9-10;6-1-5(2-7,3-8)4-9/h2-9H,1H2;6-9H,1-4H2. The molecule has 0 saturated heterocycles.